The summed E-state index contributed by atoms with van der Waals surface area (Å²) >= 11 is 0. The molecule has 11 atom stereocenters. The van der Waals surface area contributed by atoms with Crippen LogP contribution in [-0.4, -0.2) is 23.1 Å². The maximum absolute atomic E-state index is 14.3. The van der Waals surface area contributed by atoms with Gasteiger partial charge in [-0.05, 0) is 121 Å². The Bertz CT molecular complexity index is 1580. The van der Waals surface area contributed by atoms with Gasteiger partial charge in [0.05, 0.1) is 17.4 Å². The van der Waals surface area contributed by atoms with Gasteiger partial charge in [-0.15, -0.1) is 0 Å². The lowest BCUT2D eigenvalue weighted by Gasteiger charge is -2.70. The van der Waals surface area contributed by atoms with E-state index in [-0.39, 0.29) is 47.1 Å². The lowest BCUT2D eigenvalue weighted by atomic mass is 9.34. The Balaban J connectivity index is 1.21. The Hall–Kier alpha value is -2.92. The molecule has 7 rings (SSSR count). The minimum Gasteiger partial charge on any atom is -0.461 e. The normalized spacial score (nSPS) is 41.8. The van der Waals surface area contributed by atoms with Gasteiger partial charge in [0, 0.05) is 0 Å². The van der Waals surface area contributed by atoms with E-state index in [4.69, 9.17) is 9.47 Å². The Morgan fingerprint density at radius 2 is 1.37 bits per heavy atom. The largest absolute Gasteiger partial charge is 0.461 e. The lowest BCUT2D eigenvalue weighted by Crippen LogP contribution is -2.65. The SMILES string of the molecule is C=C(C)[C@@H]1CC[C@]2(C(=O)OCc3ccccc3)CC[C@]3(C)[C@H](CC[C@@H]4[C@@]5(C)[C@@H](C(=O)OCc6ccccc6)[C@H](O)C(C)(C)[C@@H]5CC[C@]43C)[C@@H]12. The summed E-state index contributed by atoms with van der Waals surface area (Å²) in [4.78, 5) is 28.6. The van der Waals surface area contributed by atoms with Crippen LogP contribution in [0.4, 0.5) is 0 Å². The molecule has 0 unspecified atom stereocenters. The minimum atomic E-state index is -0.764. The first-order chi connectivity index (χ1) is 23.2. The Morgan fingerprint density at radius 3 is 1.98 bits per heavy atom. The van der Waals surface area contributed by atoms with E-state index in [1.807, 2.05) is 60.7 Å². The molecule has 2 aromatic carbocycles. The zero-order valence-corrected chi connectivity index (χ0v) is 30.7. The molecule has 0 amide bonds. The first kappa shape index (κ1) is 34.5. The van der Waals surface area contributed by atoms with Crippen LogP contribution in [-0.2, 0) is 32.3 Å². The summed E-state index contributed by atoms with van der Waals surface area (Å²) in [5, 5.41) is 12.0. The summed E-state index contributed by atoms with van der Waals surface area (Å²) in [6, 6.07) is 19.9. The first-order valence-corrected chi connectivity index (χ1v) is 19.0. The van der Waals surface area contributed by atoms with Crippen molar-refractivity contribution in [3.05, 3.63) is 83.9 Å². The quantitative estimate of drug-likeness (QED) is 0.236. The van der Waals surface area contributed by atoms with Crippen LogP contribution in [0.5, 0.6) is 0 Å². The molecule has 264 valence electrons. The van der Waals surface area contributed by atoms with Crippen molar-refractivity contribution in [3.63, 3.8) is 0 Å². The van der Waals surface area contributed by atoms with Gasteiger partial charge >= 0.3 is 11.9 Å². The molecular formula is C44H58O5. The highest BCUT2D eigenvalue weighted by Crippen LogP contribution is 2.79. The number of esters is 2. The summed E-state index contributed by atoms with van der Waals surface area (Å²) in [6.45, 7) is 18.9. The van der Waals surface area contributed by atoms with Crippen LogP contribution in [0.1, 0.15) is 104 Å². The topological polar surface area (TPSA) is 72.8 Å². The monoisotopic (exact) mass is 666 g/mol. The molecule has 0 radical (unpaired) electrons. The number of ether oxygens (including phenoxy) is 2. The fourth-order valence-electron chi connectivity index (χ4n) is 13.4. The first-order valence-electron chi connectivity index (χ1n) is 19.0. The smallest absolute Gasteiger partial charge is 0.312 e. The highest BCUT2D eigenvalue weighted by molar-refractivity contribution is 5.78. The number of rotatable bonds is 7. The number of hydrogen-bond acceptors (Lipinski definition) is 5. The van der Waals surface area contributed by atoms with E-state index in [1.54, 1.807) is 0 Å². The summed E-state index contributed by atoms with van der Waals surface area (Å²) < 4.78 is 12.3. The molecule has 0 heterocycles. The van der Waals surface area contributed by atoms with Gasteiger partial charge < -0.3 is 14.6 Å². The van der Waals surface area contributed by atoms with Gasteiger partial charge in [0.2, 0.25) is 0 Å². The van der Waals surface area contributed by atoms with Crippen LogP contribution in [0, 0.1) is 62.6 Å². The average Bonchev–Trinajstić information content (AvgIpc) is 3.55. The van der Waals surface area contributed by atoms with Crippen molar-refractivity contribution >= 4 is 11.9 Å². The fourth-order valence-corrected chi connectivity index (χ4v) is 13.4. The summed E-state index contributed by atoms with van der Waals surface area (Å²) in [5.74, 6) is 0.484. The van der Waals surface area contributed by atoms with Crippen LogP contribution < -0.4 is 0 Å². The van der Waals surface area contributed by atoms with E-state index in [9.17, 15) is 14.7 Å². The van der Waals surface area contributed by atoms with E-state index >= 15 is 0 Å². The zero-order valence-electron chi connectivity index (χ0n) is 30.7. The number of benzene rings is 2. The minimum absolute atomic E-state index is 0.0167. The predicted octanol–water partition coefficient (Wildman–Crippen LogP) is 9.33. The van der Waals surface area contributed by atoms with Crippen molar-refractivity contribution in [2.75, 3.05) is 0 Å². The second-order valence-corrected chi connectivity index (χ2v) is 18.1. The molecule has 0 aliphatic heterocycles. The van der Waals surface area contributed by atoms with E-state index in [1.165, 1.54) is 5.57 Å². The van der Waals surface area contributed by atoms with E-state index in [2.05, 4.69) is 48.1 Å². The molecule has 49 heavy (non-hydrogen) atoms. The van der Waals surface area contributed by atoms with Gasteiger partial charge in [-0.3, -0.25) is 9.59 Å². The van der Waals surface area contributed by atoms with Gasteiger partial charge in [-0.1, -0.05) is 107 Å². The molecule has 5 heteroatoms. The van der Waals surface area contributed by atoms with Crippen molar-refractivity contribution < 1.29 is 24.2 Å². The lowest BCUT2D eigenvalue weighted by molar-refractivity contribution is -0.230. The maximum Gasteiger partial charge on any atom is 0.312 e. The van der Waals surface area contributed by atoms with Gasteiger partial charge in [0.25, 0.3) is 0 Å². The number of fused-ring (bicyclic) bond motifs is 7. The standard InChI is InChI=1S/C44H58O5/c1-28(2)31-20-23-44(39(47)49-27-30-16-12-9-13-17-30)25-24-41(5)32(35(31)44)18-19-34-42(41,6)22-21-33-40(3,4)37(45)36(43(33,34)7)38(46)48-26-29-14-10-8-11-15-29/h8-17,31-37,45H,1,18-27H2,2-7H3/t31-,32+,33-,34-,35+,36+,37-,41+,42+,43-,44-/m0/s1. The number of aliphatic hydroxyl groups excluding tert-OH is 1. The third-order valence-electron chi connectivity index (χ3n) is 16.0. The second kappa shape index (κ2) is 12.1. The average molecular weight is 667 g/mol. The van der Waals surface area contributed by atoms with Crippen LogP contribution in [0.2, 0.25) is 0 Å². The highest BCUT2D eigenvalue weighted by Gasteiger charge is 2.76. The predicted molar refractivity (Wildman–Crippen MR) is 192 cm³/mol. The Morgan fingerprint density at radius 1 is 0.755 bits per heavy atom. The third kappa shape index (κ3) is 4.94. The Labute approximate surface area is 294 Å². The number of aliphatic hydroxyl groups is 1. The molecular weight excluding hydrogens is 608 g/mol. The molecule has 0 saturated heterocycles. The molecule has 0 spiro atoms. The molecule has 5 fully saturated rings. The second-order valence-electron chi connectivity index (χ2n) is 18.1. The highest BCUT2D eigenvalue weighted by atomic mass is 16.5. The molecule has 1 N–H and O–H groups in total. The third-order valence-corrected chi connectivity index (χ3v) is 16.0. The summed E-state index contributed by atoms with van der Waals surface area (Å²) in [5.41, 5.74) is 1.82. The van der Waals surface area contributed by atoms with Gasteiger partial charge in [-0.25, -0.2) is 0 Å². The van der Waals surface area contributed by atoms with Crippen LogP contribution in [0.15, 0.2) is 72.8 Å². The fraction of sp³-hybridized carbons (Fsp3) is 0.636. The molecule has 5 aliphatic carbocycles. The molecule has 0 bridgehead atoms. The summed E-state index contributed by atoms with van der Waals surface area (Å²) in [6.07, 6.45) is 6.96. The van der Waals surface area contributed by atoms with E-state index in [0.717, 1.165) is 62.5 Å². The van der Waals surface area contributed by atoms with E-state index < -0.39 is 28.3 Å². The van der Waals surface area contributed by atoms with Crippen LogP contribution >= 0.6 is 0 Å². The van der Waals surface area contributed by atoms with Gasteiger partial charge in [0.1, 0.15) is 13.2 Å². The van der Waals surface area contributed by atoms with Crippen molar-refractivity contribution in [2.45, 2.75) is 112 Å². The van der Waals surface area contributed by atoms with E-state index in [0.29, 0.717) is 18.4 Å². The van der Waals surface area contributed by atoms with Crippen LogP contribution in [0.25, 0.3) is 0 Å². The Kier molecular flexibility index (Phi) is 8.53. The van der Waals surface area contributed by atoms with Crippen molar-refractivity contribution in [3.8, 4) is 0 Å². The zero-order chi connectivity index (χ0) is 35.0. The molecule has 5 nitrogen and oxygen atoms in total. The van der Waals surface area contributed by atoms with Crippen LogP contribution in [0.3, 0.4) is 0 Å². The number of hydrogen-bond donors (Lipinski definition) is 1. The number of carbonyl (C=O) groups excluding carboxylic acids is 2. The summed E-state index contributed by atoms with van der Waals surface area (Å²) in [7, 11) is 0. The number of allylic oxidation sites excluding steroid dienone is 1. The molecule has 5 aliphatic rings. The van der Waals surface area contributed by atoms with Crippen molar-refractivity contribution in [2.24, 2.45) is 62.6 Å². The van der Waals surface area contributed by atoms with Crippen molar-refractivity contribution in [1.82, 2.24) is 0 Å². The van der Waals surface area contributed by atoms with Crippen molar-refractivity contribution in [1.29, 1.82) is 0 Å². The molecule has 0 aromatic heterocycles. The number of carbonyl (C=O) groups is 2. The molecule has 2 aromatic rings. The molecule has 5 saturated carbocycles. The van der Waals surface area contributed by atoms with Gasteiger partial charge in [-0.2, -0.15) is 0 Å². The maximum atomic E-state index is 14.3. The van der Waals surface area contributed by atoms with Gasteiger partial charge in [0.15, 0.2) is 0 Å².